The van der Waals surface area contributed by atoms with Crippen molar-refractivity contribution in [1.82, 2.24) is 5.32 Å². The number of carbonyl (C=O) groups excluding carboxylic acids is 1. The molecule has 0 saturated carbocycles. The van der Waals surface area contributed by atoms with Crippen molar-refractivity contribution in [2.24, 2.45) is 0 Å². The second kappa shape index (κ2) is 6.04. The molecule has 0 aromatic heterocycles. The number of benzene rings is 1. The van der Waals surface area contributed by atoms with Crippen molar-refractivity contribution in [3.63, 3.8) is 0 Å². The van der Waals surface area contributed by atoms with Crippen molar-refractivity contribution >= 4 is 21.8 Å². The standard InChI is InChI=1S/C13H18BrNO/c1-4-11(8-14)15-13(16)12-6-5-9(2)7-10(12)3/h5-7,11H,4,8H2,1-3H3,(H,15,16). The molecule has 1 unspecified atom stereocenters. The van der Waals surface area contributed by atoms with Gasteiger partial charge in [0, 0.05) is 16.9 Å². The minimum Gasteiger partial charge on any atom is -0.348 e. The third-order valence-electron chi connectivity index (χ3n) is 2.64. The first kappa shape index (κ1) is 13.2. The first-order chi connectivity index (χ1) is 7.58. The van der Waals surface area contributed by atoms with Gasteiger partial charge in [0.05, 0.1) is 0 Å². The zero-order valence-electron chi connectivity index (χ0n) is 10.0. The summed E-state index contributed by atoms with van der Waals surface area (Å²) in [6, 6.07) is 6.09. The van der Waals surface area contributed by atoms with Crippen molar-refractivity contribution in [3.05, 3.63) is 34.9 Å². The van der Waals surface area contributed by atoms with E-state index in [0.717, 1.165) is 22.9 Å². The van der Waals surface area contributed by atoms with Gasteiger partial charge in [-0.05, 0) is 31.9 Å². The number of hydrogen-bond donors (Lipinski definition) is 1. The van der Waals surface area contributed by atoms with E-state index in [1.807, 2.05) is 32.0 Å². The predicted octanol–water partition coefficient (Wildman–Crippen LogP) is 3.21. The Balaban J connectivity index is 2.80. The van der Waals surface area contributed by atoms with Crippen molar-refractivity contribution in [2.45, 2.75) is 33.2 Å². The fourth-order valence-corrected chi connectivity index (χ4v) is 2.20. The van der Waals surface area contributed by atoms with Crippen LogP contribution in [-0.2, 0) is 0 Å². The topological polar surface area (TPSA) is 29.1 Å². The number of hydrogen-bond acceptors (Lipinski definition) is 1. The fraction of sp³-hybridized carbons (Fsp3) is 0.462. The Labute approximate surface area is 106 Å². The molecule has 0 heterocycles. The molecule has 0 aliphatic heterocycles. The molecule has 1 amide bonds. The van der Waals surface area contributed by atoms with Crippen LogP contribution in [0.25, 0.3) is 0 Å². The molecule has 0 bridgehead atoms. The zero-order chi connectivity index (χ0) is 12.1. The third kappa shape index (κ3) is 3.34. The maximum absolute atomic E-state index is 12.0. The maximum Gasteiger partial charge on any atom is 0.251 e. The molecule has 1 N–H and O–H groups in total. The van der Waals surface area contributed by atoms with Crippen molar-refractivity contribution in [1.29, 1.82) is 0 Å². The van der Waals surface area contributed by atoms with Crippen LogP contribution >= 0.6 is 15.9 Å². The monoisotopic (exact) mass is 283 g/mol. The van der Waals surface area contributed by atoms with Crippen LogP contribution in [0.15, 0.2) is 18.2 Å². The lowest BCUT2D eigenvalue weighted by Gasteiger charge is -2.15. The Hall–Kier alpha value is -0.830. The van der Waals surface area contributed by atoms with Crippen LogP contribution in [0.2, 0.25) is 0 Å². The van der Waals surface area contributed by atoms with Gasteiger partial charge in [0.25, 0.3) is 5.91 Å². The van der Waals surface area contributed by atoms with Crippen molar-refractivity contribution < 1.29 is 4.79 Å². The molecular formula is C13H18BrNO. The van der Waals surface area contributed by atoms with Gasteiger partial charge in [-0.1, -0.05) is 40.5 Å². The van der Waals surface area contributed by atoms with E-state index in [1.54, 1.807) is 0 Å². The fourth-order valence-electron chi connectivity index (χ4n) is 1.58. The van der Waals surface area contributed by atoms with E-state index in [-0.39, 0.29) is 11.9 Å². The summed E-state index contributed by atoms with van der Waals surface area (Å²) < 4.78 is 0. The molecule has 0 saturated heterocycles. The summed E-state index contributed by atoms with van der Waals surface area (Å²) >= 11 is 3.39. The number of carbonyl (C=O) groups is 1. The van der Waals surface area contributed by atoms with Gasteiger partial charge in [-0.3, -0.25) is 4.79 Å². The first-order valence-electron chi connectivity index (χ1n) is 5.52. The predicted molar refractivity (Wildman–Crippen MR) is 71.3 cm³/mol. The molecule has 0 aliphatic rings. The van der Waals surface area contributed by atoms with Gasteiger partial charge in [-0.2, -0.15) is 0 Å². The maximum atomic E-state index is 12.0. The molecule has 3 heteroatoms. The number of alkyl halides is 1. The average Bonchev–Trinajstić information content (AvgIpc) is 2.25. The summed E-state index contributed by atoms with van der Waals surface area (Å²) in [6.07, 6.45) is 0.932. The summed E-state index contributed by atoms with van der Waals surface area (Å²) in [7, 11) is 0. The van der Waals surface area contributed by atoms with Gasteiger partial charge in [0.15, 0.2) is 0 Å². The smallest absolute Gasteiger partial charge is 0.251 e. The Morgan fingerprint density at radius 3 is 2.62 bits per heavy atom. The van der Waals surface area contributed by atoms with Crippen LogP contribution < -0.4 is 5.32 Å². The highest BCUT2D eigenvalue weighted by atomic mass is 79.9. The highest BCUT2D eigenvalue weighted by molar-refractivity contribution is 9.09. The summed E-state index contributed by atoms with van der Waals surface area (Å²) in [4.78, 5) is 12.0. The summed E-state index contributed by atoms with van der Waals surface area (Å²) in [5.74, 6) is 0.0174. The number of amides is 1. The van der Waals surface area contributed by atoms with E-state index in [9.17, 15) is 4.79 Å². The van der Waals surface area contributed by atoms with Crippen LogP contribution in [0.3, 0.4) is 0 Å². The van der Waals surface area contributed by atoms with E-state index in [2.05, 4.69) is 28.2 Å². The van der Waals surface area contributed by atoms with Gasteiger partial charge in [0.2, 0.25) is 0 Å². The summed E-state index contributed by atoms with van der Waals surface area (Å²) in [5, 5.41) is 3.80. The second-order valence-corrected chi connectivity index (χ2v) is 4.70. The SMILES string of the molecule is CCC(CBr)NC(=O)c1ccc(C)cc1C. The van der Waals surface area contributed by atoms with Gasteiger partial charge in [0.1, 0.15) is 0 Å². The van der Waals surface area contributed by atoms with Crippen molar-refractivity contribution in [2.75, 3.05) is 5.33 Å². The largest absolute Gasteiger partial charge is 0.348 e. The van der Waals surface area contributed by atoms with Crippen LogP contribution in [0.4, 0.5) is 0 Å². The van der Waals surface area contributed by atoms with E-state index >= 15 is 0 Å². The number of aryl methyl sites for hydroxylation is 2. The molecule has 1 rings (SSSR count). The second-order valence-electron chi connectivity index (χ2n) is 4.05. The average molecular weight is 284 g/mol. The molecule has 1 atom stereocenters. The molecule has 0 fully saturated rings. The molecule has 0 aliphatic carbocycles. The Morgan fingerprint density at radius 1 is 1.44 bits per heavy atom. The number of nitrogens with one attached hydrogen (secondary N) is 1. The lowest BCUT2D eigenvalue weighted by Crippen LogP contribution is -2.35. The molecule has 16 heavy (non-hydrogen) atoms. The minimum absolute atomic E-state index is 0.0174. The highest BCUT2D eigenvalue weighted by Crippen LogP contribution is 2.11. The van der Waals surface area contributed by atoms with E-state index in [0.29, 0.717) is 0 Å². The van der Waals surface area contributed by atoms with Gasteiger partial charge >= 0.3 is 0 Å². The molecular weight excluding hydrogens is 266 g/mol. The minimum atomic E-state index is 0.0174. The molecule has 0 spiro atoms. The number of halogens is 1. The lowest BCUT2D eigenvalue weighted by molar-refractivity contribution is 0.0939. The van der Waals surface area contributed by atoms with Gasteiger partial charge < -0.3 is 5.32 Å². The van der Waals surface area contributed by atoms with Crippen LogP contribution in [0.5, 0.6) is 0 Å². The van der Waals surface area contributed by atoms with Crippen molar-refractivity contribution in [3.8, 4) is 0 Å². The normalized spacial score (nSPS) is 12.2. The molecule has 1 aromatic rings. The Morgan fingerprint density at radius 2 is 2.12 bits per heavy atom. The summed E-state index contributed by atoms with van der Waals surface area (Å²) in [6.45, 7) is 6.06. The van der Waals surface area contributed by atoms with E-state index < -0.39 is 0 Å². The van der Waals surface area contributed by atoms with Gasteiger partial charge in [-0.25, -0.2) is 0 Å². The van der Waals surface area contributed by atoms with Crippen LogP contribution in [0.1, 0.15) is 34.8 Å². The third-order valence-corrected chi connectivity index (χ3v) is 3.42. The molecule has 2 nitrogen and oxygen atoms in total. The van der Waals surface area contributed by atoms with E-state index in [4.69, 9.17) is 0 Å². The Kier molecular flexibility index (Phi) is 5.00. The van der Waals surface area contributed by atoms with Gasteiger partial charge in [-0.15, -0.1) is 0 Å². The number of rotatable bonds is 4. The van der Waals surface area contributed by atoms with E-state index in [1.165, 1.54) is 5.56 Å². The Bertz CT molecular complexity index is 372. The molecule has 0 radical (unpaired) electrons. The molecule has 1 aromatic carbocycles. The highest BCUT2D eigenvalue weighted by Gasteiger charge is 2.12. The van der Waals surface area contributed by atoms with Crippen LogP contribution in [-0.4, -0.2) is 17.3 Å². The zero-order valence-corrected chi connectivity index (χ0v) is 11.6. The quantitative estimate of drug-likeness (QED) is 0.845. The van der Waals surface area contributed by atoms with Crippen LogP contribution in [0, 0.1) is 13.8 Å². The summed E-state index contributed by atoms with van der Waals surface area (Å²) in [5.41, 5.74) is 2.98. The lowest BCUT2D eigenvalue weighted by atomic mass is 10.0. The molecule has 88 valence electrons. The first-order valence-corrected chi connectivity index (χ1v) is 6.64.